The largest absolute Gasteiger partial charge is 0.494 e. The average Bonchev–Trinajstić information content (AvgIpc) is 2.70. The highest BCUT2D eigenvalue weighted by atomic mass is 16.5. The van der Waals surface area contributed by atoms with Crippen LogP contribution in [0.4, 0.5) is 0 Å². The monoisotopic (exact) mass is 367 g/mol. The van der Waals surface area contributed by atoms with Crippen LogP contribution < -0.4 is 10.5 Å². The van der Waals surface area contributed by atoms with E-state index >= 15 is 0 Å². The quantitative estimate of drug-likeness (QED) is 0.853. The van der Waals surface area contributed by atoms with Crippen molar-refractivity contribution in [2.45, 2.75) is 26.4 Å². The van der Waals surface area contributed by atoms with Crippen LogP contribution in [0.25, 0.3) is 0 Å². The molecule has 2 aromatic carbocycles. The Labute approximate surface area is 161 Å². The van der Waals surface area contributed by atoms with Crippen LogP contribution in [0.2, 0.25) is 0 Å². The number of rotatable bonds is 6. The number of hydrogen-bond acceptors (Lipinski definition) is 4. The van der Waals surface area contributed by atoms with E-state index in [1.165, 1.54) is 11.1 Å². The molecule has 0 radical (unpaired) electrons. The van der Waals surface area contributed by atoms with Gasteiger partial charge < -0.3 is 15.4 Å². The van der Waals surface area contributed by atoms with Gasteiger partial charge in [-0.25, -0.2) is 0 Å². The van der Waals surface area contributed by atoms with E-state index < -0.39 is 6.04 Å². The lowest BCUT2D eigenvalue weighted by Gasteiger charge is -2.36. The van der Waals surface area contributed by atoms with Crippen molar-refractivity contribution in [3.8, 4) is 5.75 Å². The second-order valence-electron chi connectivity index (χ2n) is 7.07. The molecule has 1 fully saturated rings. The van der Waals surface area contributed by atoms with Crippen molar-refractivity contribution in [2.75, 3.05) is 32.8 Å². The van der Waals surface area contributed by atoms with Crippen molar-refractivity contribution >= 4 is 5.91 Å². The fourth-order valence-electron chi connectivity index (χ4n) is 3.36. The fraction of sp³-hybridized carbons (Fsp3) is 0.409. The Hall–Kier alpha value is -2.37. The van der Waals surface area contributed by atoms with Crippen molar-refractivity contribution in [1.82, 2.24) is 9.80 Å². The van der Waals surface area contributed by atoms with Gasteiger partial charge in [-0.1, -0.05) is 42.0 Å². The molecule has 5 nitrogen and oxygen atoms in total. The summed E-state index contributed by atoms with van der Waals surface area (Å²) in [7, 11) is 0. The molecule has 0 saturated carbocycles. The Morgan fingerprint density at radius 3 is 2.26 bits per heavy atom. The molecule has 0 aliphatic carbocycles. The Bertz CT molecular complexity index is 735. The number of piperazine rings is 1. The summed E-state index contributed by atoms with van der Waals surface area (Å²) in [6.07, 6.45) is 0. The minimum atomic E-state index is -0.580. The lowest BCUT2D eigenvalue weighted by atomic mass is 10.0. The zero-order valence-electron chi connectivity index (χ0n) is 16.2. The van der Waals surface area contributed by atoms with Gasteiger partial charge in [0.1, 0.15) is 11.8 Å². The Morgan fingerprint density at radius 1 is 1.04 bits per heavy atom. The van der Waals surface area contributed by atoms with Gasteiger partial charge in [0.25, 0.3) is 0 Å². The van der Waals surface area contributed by atoms with Crippen LogP contribution in [0.3, 0.4) is 0 Å². The molecule has 1 amide bonds. The minimum absolute atomic E-state index is 0.0135. The summed E-state index contributed by atoms with van der Waals surface area (Å²) >= 11 is 0. The van der Waals surface area contributed by atoms with Gasteiger partial charge in [-0.05, 0) is 37.1 Å². The average molecular weight is 367 g/mol. The highest BCUT2D eigenvalue weighted by Gasteiger charge is 2.26. The maximum Gasteiger partial charge on any atom is 0.244 e. The van der Waals surface area contributed by atoms with Gasteiger partial charge in [-0.3, -0.25) is 9.69 Å². The molecule has 144 valence electrons. The smallest absolute Gasteiger partial charge is 0.244 e. The molecule has 0 aromatic heterocycles. The zero-order valence-corrected chi connectivity index (χ0v) is 16.2. The van der Waals surface area contributed by atoms with E-state index in [-0.39, 0.29) is 5.91 Å². The third kappa shape index (κ3) is 5.08. The molecule has 1 aliphatic rings. The number of ether oxygens (including phenoxy) is 1. The van der Waals surface area contributed by atoms with Crippen LogP contribution in [0.1, 0.15) is 29.7 Å². The van der Waals surface area contributed by atoms with Crippen molar-refractivity contribution < 1.29 is 9.53 Å². The fourth-order valence-corrected chi connectivity index (χ4v) is 3.36. The molecule has 2 N–H and O–H groups in total. The lowest BCUT2D eigenvalue weighted by Crippen LogP contribution is -2.50. The van der Waals surface area contributed by atoms with E-state index in [1.54, 1.807) is 0 Å². The first-order valence-electron chi connectivity index (χ1n) is 9.62. The number of hydrogen-bond donors (Lipinski definition) is 1. The number of aryl methyl sites for hydroxylation is 1. The summed E-state index contributed by atoms with van der Waals surface area (Å²) in [6.45, 7) is 8.74. The predicted molar refractivity (Wildman–Crippen MR) is 108 cm³/mol. The molecule has 0 spiro atoms. The van der Waals surface area contributed by atoms with Crippen LogP contribution in [0.5, 0.6) is 5.75 Å². The molecule has 27 heavy (non-hydrogen) atoms. The standard InChI is InChI=1S/C22H29N3O2/c1-3-27-20-10-6-18(7-11-20)16-24-12-14-25(15-13-24)22(26)21(23)19-8-4-17(2)5-9-19/h4-11,21H,3,12-16,23H2,1-2H3. The summed E-state index contributed by atoms with van der Waals surface area (Å²) in [5.74, 6) is 0.918. The highest BCUT2D eigenvalue weighted by Crippen LogP contribution is 2.17. The third-order valence-electron chi connectivity index (χ3n) is 5.03. The van der Waals surface area contributed by atoms with Gasteiger partial charge in [0.15, 0.2) is 0 Å². The van der Waals surface area contributed by atoms with Gasteiger partial charge in [0, 0.05) is 32.7 Å². The van der Waals surface area contributed by atoms with E-state index in [1.807, 2.05) is 55.1 Å². The molecular weight excluding hydrogens is 338 g/mol. The first-order chi connectivity index (χ1) is 13.1. The van der Waals surface area contributed by atoms with E-state index in [9.17, 15) is 4.79 Å². The Balaban J connectivity index is 1.50. The Morgan fingerprint density at radius 2 is 1.67 bits per heavy atom. The van der Waals surface area contributed by atoms with E-state index in [0.29, 0.717) is 6.61 Å². The van der Waals surface area contributed by atoms with Gasteiger partial charge >= 0.3 is 0 Å². The molecule has 1 unspecified atom stereocenters. The minimum Gasteiger partial charge on any atom is -0.494 e. The van der Waals surface area contributed by atoms with Crippen molar-refractivity contribution in [2.24, 2.45) is 5.73 Å². The number of amides is 1. The summed E-state index contributed by atoms with van der Waals surface area (Å²) in [4.78, 5) is 17.0. The van der Waals surface area contributed by atoms with Crippen molar-refractivity contribution in [3.05, 3.63) is 65.2 Å². The summed E-state index contributed by atoms with van der Waals surface area (Å²) in [6, 6.07) is 15.5. The van der Waals surface area contributed by atoms with Crippen molar-refractivity contribution in [3.63, 3.8) is 0 Å². The van der Waals surface area contributed by atoms with E-state index in [0.717, 1.165) is 44.0 Å². The topological polar surface area (TPSA) is 58.8 Å². The maximum atomic E-state index is 12.7. The van der Waals surface area contributed by atoms with Gasteiger partial charge in [0.2, 0.25) is 5.91 Å². The summed E-state index contributed by atoms with van der Waals surface area (Å²) in [5, 5.41) is 0. The second kappa shape index (κ2) is 9.02. The second-order valence-corrected chi connectivity index (χ2v) is 7.07. The molecule has 5 heteroatoms. The molecule has 2 aromatic rings. The summed E-state index contributed by atoms with van der Waals surface area (Å²) in [5.41, 5.74) is 9.50. The predicted octanol–water partition coefficient (Wildman–Crippen LogP) is 2.74. The van der Waals surface area contributed by atoms with E-state index in [2.05, 4.69) is 17.0 Å². The molecule has 0 bridgehead atoms. The molecular formula is C22H29N3O2. The van der Waals surface area contributed by atoms with Crippen LogP contribution in [0.15, 0.2) is 48.5 Å². The molecule has 1 aliphatic heterocycles. The summed E-state index contributed by atoms with van der Waals surface area (Å²) < 4.78 is 5.49. The number of nitrogens with two attached hydrogens (primary N) is 1. The van der Waals surface area contributed by atoms with Crippen LogP contribution in [-0.2, 0) is 11.3 Å². The first kappa shape index (κ1) is 19.4. The van der Waals surface area contributed by atoms with Gasteiger partial charge in [-0.15, -0.1) is 0 Å². The number of carbonyl (C=O) groups excluding carboxylic acids is 1. The van der Waals surface area contributed by atoms with Gasteiger partial charge in [0.05, 0.1) is 6.61 Å². The van der Waals surface area contributed by atoms with Crippen LogP contribution in [-0.4, -0.2) is 48.5 Å². The zero-order chi connectivity index (χ0) is 19.2. The molecule has 1 heterocycles. The van der Waals surface area contributed by atoms with E-state index in [4.69, 9.17) is 10.5 Å². The SMILES string of the molecule is CCOc1ccc(CN2CCN(C(=O)C(N)c3ccc(C)cc3)CC2)cc1. The lowest BCUT2D eigenvalue weighted by molar-refractivity contribution is -0.134. The van der Waals surface area contributed by atoms with Crippen LogP contribution in [0, 0.1) is 6.92 Å². The normalized spacial score (nSPS) is 16.2. The number of benzene rings is 2. The Kier molecular flexibility index (Phi) is 6.48. The first-order valence-corrected chi connectivity index (χ1v) is 9.62. The number of nitrogens with zero attached hydrogens (tertiary/aromatic N) is 2. The maximum absolute atomic E-state index is 12.7. The molecule has 1 atom stereocenters. The third-order valence-corrected chi connectivity index (χ3v) is 5.03. The van der Waals surface area contributed by atoms with Gasteiger partial charge in [-0.2, -0.15) is 0 Å². The van der Waals surface area contributed by atoms with Crippen molar-refractivity contribution in [1.29, 1.82) is 0 Å². The highest BCUT2D eigenvalue weighted by molar-refractivity contribution is 5.83. The molecule has 1 saturated heterocycles. The molecule has 3 rings (SSSR count). The van der Waals surface area contributed by atoms with Crippen LogP contribution >= 0.6 is 0 Å². The number of carbonyl (C=O) groups is 1.